The van der Waals surface area contributed by atoms with Crippen molar-refractivity contribution in [3.63, 3.8) is 0 Å². The number of anilines is 1. The largest absolute Gasteiger partial charge is 0.489 e. The second-order valence-electron chi connectivity index (χ2n) is 7.69. The van der Waals surface area contributed by atoms with Crippen molar-refractivity contribution in [2.45, 2.75) is 37.9 Å². The van der Waals surface area contributed by atoms with Gasteiger partial charge in [-0.3, -0.25) is 4.79 Å². The molecule has 4 rings (SSSR count). The fourth-order valence-corrected chi connectivity index (χ4v) is 4.19. The summed E-state index contributed by atoms with van der Waals surface area (Å²) in [5.74, 6) is 0.271. The first-order chi connectivity index (χ1) is 14.0. The minimum absolute atomic E-state index is 0.133. The van der Waals surface area contributed by atoms with Crippen LogP contribution in [0, 0.1) is 5.82 Å². The highest BCUT2D eigenvalue weighted by Gasteiger charge is 2.35. The summed E-state index contributed by atoms with van der Waals surface area (Å²) in [6, 6.07) is 10.7. The van der Waals surface area contributed by atoms with Crippen LogP contribution in [0.5, 0.6) is 5.75 Å². The third kappa shape index (κ3) is 4.00. The Kier molecular flexibility index (Phi) is 5.56. The SMILES string of the molecule is COC1(c2cc(F)cc(OCc3ccc4c(c3)CCC(=O)N4C)c2)CCOCC1. The van der Waals surface area contributed by atoms with Crippen LogP contribution in [0.25, 0.3) is 0 Å². The minimum Gasteiger partial charge on any atom is -0.489 e. The number of methoxy groups -OCH3 is 1. The Labute approximate surface area is 170 Å². The Balaban J connectivity index is 1.52. The molecule has 29 heavy (non-hydrogen) atoms. The molecule has 2 aliphatic rings. The highest BCUT2D eigenvalue weighted by molar-refractivity contribution is 5.95. The number of amides is 1. The molecule has 1 amide bonds. The number of aryl methyl sites for hydroxylation is 1. The summed E-state index contributed by atoms with van der Waals surface area (Å²) < 4.78 is 31.5. The van der Waals surface area contributed by atoms with Crippen molar-refractivity contribution in [2.24, 2.45) is 0 Å². The zero-order valence-electron chi connectivity index (χ0n) is 16.9. The Morgan fingerprint density at radius 3 is 2.69 bits per heavy atom. The van der Waals surface area contributed by atoms with E-state index in [1.54, 1.807) is 19.1 Å². The molecule has 0 aliphatic carbocycles. The number of fused-ring (bicyclic) bond motifs is 1. The molecular weight excluding hydrogens is 373 g/mol. The smallest absolute Gasteiger partial charge is 0.227 e. The standard InChI is InChI=1S/C23H26FNO4/c1-25-21-5-3-16(11-17(21)4-6-22(25)26)15-29-20-13-18(12-19(24)14-20)23(27-2)7-9-28-10-8-23/h3,5,11-14H,4,6-10,15H2,1-2H3. The van der Waals surface area contributed by atoms with E-state index in [0.717, 1.165) is 28.8 Å². The van der Waals surface area contributed by atoms with Crippen molar-refractivity contribution in [3.05, 3.63) is 58.9 Å². The molecule has 154 valence electrons. The van der Waals surface area contributed by atoms with Crippen LogP contribution in [0.15, 0.2) is 36.4 Å². The lowest BCUT2D eigenvalue weighted by Gasteiger charge is -2.36. The molecule has 0 bridgehead atoms. The van der Waals surface area contributed by atoms with E-state index in [1.165, 1.54) is 12.1 Å². The molecule has 0 radical (unpaired) electrons. The zero-order chi connectivity index (χ0) is 20.4. The highest BCUT2D eigenvalue weighted by Crippen LogP contribution is 2.37. The van der Waals surface area contributed by atoms with Crippen LogP contribution in [0.4, 0.5) is 10.1 Å². The Bertz CT molecular complexity index is 908. The molecule has 2 aliphatic heterocycles. The van der Waals surface area contributed by atoms with Crippen LogP contribution < -0.4 is 9.64 Å². The lowest BCUT2D eigenvalue weighted by Crippen LogP contribution is -2.35. The summed E-state index contributed by atoms with van der Waals surface area (Å²) in [4.78, 5) is 13.5. The van der Waals surface area contributed by atoms with Crippen LogP contribution in [0.3, 0.4) is 0 Å². The second kappa shape index (κ2) is 8.13. The normalized spacial score (nSPS) is 18.4. The lowest BCUT2D eigenvalue weighted by molar-refractivity contribution is -0.118. The number of carbonyl (C=O) groups is 1. The van der Waals surface area contributed by atoms with E-state index >= 15 is 0 Å². The van der Waals surface area contributed by atoms with Gasteiger partial charge < -0.3 is 19.1 Å². The quantitative estimate of drug-likeness (QED) is 0.764. The first-order valence-corrected chi connectivity index (χ1v) is 9.96. The predicted octanol–water partition coefficient (Wildman–Crippen LogP) is 3.97. The van der Waals surface area contributed by atoms with Crippen LogP contribution in [-0.4, -0.2) is 33.3 Å². The highest BCUT2D eigenvalue weighted by atomic mass is 19.1. The maximum atomic E-state index is 14.3. The number of hydrogen-bond acceptors (Lipinski definition) is 4. The van der Waals surface area contributed by atoms with E-state index in [1.807, 2.05) is 18.2 Å². The minimum atomic E-state index is -0.540. The molecule has 1 fully saturated rings. The maximum absolute atomic E-state index is 14.3. The molecular formula is C23H26FNO4. The topological polar surface area (TPSA) is 48.0 Å². The third-order valence-electron chi connectivity index (χ3n) is 5.98. The molecule has 1 saturated heterocycles. The number of hydrogen-bond donors (Lipinski definition) is 0. The number of carbonyl (C=O) groups excluding carboxylic acids is 1. The third-order valence-corrected chi connectivity index (χ3v) is 5.98. The molecule has 0 spiro atoms. The summed E-state index contributed by atoms with van der Waals surface area (Å²) >= 11 is 0. The van der Waals surface area contributed by atoms with Gasteiger partial charge in [-0.1, -0.05) is 12.1 Å². The van der Waals surface area contributed by atoms with Crippen molar-refractivity contribution in [1.82, 2.24) is 0 Å². The molecule has 0 unspecified atom stereocenters. The average molecular weight is 399 g/mol. The van der Waals surface area contributed by atoms with E-state index in [-0.39, 0.29) is 11.7 Å². The van der Waals surface area contributed by atoms with Gasteiger partial charge in [-0.15, -0.1) is 0 Å². The molecule has 5 nitrogen and oxygen atoms in total. The first kappa shape index (κ1) is 19.9. The average Bonchev–Trinajstić information content (AvgIpc) is 2.75. The number of nitrogens with zero attached hydrogens (tertiary/aromatic N) is 1. The first-order valence-electron chi connectivity index (χ1n) is 9.96. The van der Waals surface area contributed by atoms with Gasteiger partial charge in [-0.25, -0.2) is 4.39 Å². The monoisotopic (exact) mass is 399 g/mol. The Morgan fingerprint density at radius 2 is 1.93 bits per heavy atom. The summed E-state index contributed by atoms with van der Waals surface area (Å²) in [6.07, 6.45) is 2.62. The molecule has 6 heteroatoms. The van der Waals surface area contributed by atoms with Gasteiger partial charge in [0.25, 0.3) is 0 Å². The van der Waals surface area contributed by atoms with Gasteiger partial charge in [-0.05, 0) is 41.3 Å². The van der Waals surface area contributed by atoms with Crippen molar-refractivity contribution < 1.29 is 23.4 Å². The van der Waals surface area contributed by atoms with Gasteiger partial charge >= 0.3 is 0 Å². The van der Waals surface area contributed by atoms with Crippen molar-refractivity contribution in [3.8, 4) is 5.75 Å². The molecule has 2 aromatic rings. The van der Waals surface area contributed by atoms with Crippen molar-refractivity contribution >= 4 is 11.6 Å². The van der Waals surface area contributed by atoms with Gasteiger partial charge in [0.05, 0.1) is 5.60 Å². The number of ether oxygens (including phenoxy) is 3. The second-order valence-corrected chi connectivity index (χ2v) is 7.69. The van der Waals surface area contributed by atoms with Gasteiger partial charge in [0.1, 0.15) is 18.2 Å². The fourth-order valence-electron chi connectivity index (χ4n) is 4.19. The fraction of sp³-hybridized carbons (Fsp3) is 0.435. The summed E-state index contributed by atoms with van der Waals surface area (Å²) in [6.45, 7) is 1.51. The summed E-state index contributed by atoms with van der Waals surface area (Å²) in [5, 5.41) is 0. The van der Waals surface area contributed by atoms with Gasteiger partial charge in [0, 0.05) is 58.4 Å². The number of benzene rings is 2. The number of rotatable bonds is 5. The molecule has 0 aromatic heterocycles. The molecule has 0 saturated carbocycles. The van der Waals surface area contributed by atoms with E-state index < -0.39 is 5.60 Å². The van der Waals surface area contributed by atoms with Gasteiger partial charge in [0.15, 0.2) is 0 Å². The molecule has 0 atom stereocenters. The van der Waals surface area contributed by atoms with Gasteiger partial charge in [-0.2, -0.15) is 0 Å². The lowest BCUT2D eigenvalue weighted by atomic mass is 9.86. The van der Waals surface area contributed by atoms with Crippen LogP contribution >= 0.6 is 0 Å². The van der Waals surface area contributed by atoms with Crippen LogP contribution in [0.1, 0.15) is 36.0 Å². The zero-order valence-corrected chi connectivity index (χ0v) is 16.9. The Morgan fingerprint density at radius 1 is 1.14 bits per heavy atom. The molecule has 0 N–H and O–H groups in total. The molecule has 2 heterocycles. The van der Waals surface area contributed by atoms with Crippen LogP contribution in [-0.2, 0) is 32.9 Å². The van der Waals surface area contributed by atoms with E-state index in [0.29, 0.717) is 44.8 Å². The van der Waals surface area contributed by atoms with Gasteiger partial charge in [0.2, 0.25) is 5.91 Å². The van der Waals surface area contributed by atoms with E-state index in [4.69, 9.17) is 14.2 Å². The van der Waals surface area contributed by atoms with E-state index in [2.05, 4.69) is 6.07 Å². The van der Waals surface area contributed by atoms with Crippen molar-refractivity contribution in [1.29, 1.82) is 0 Å². The maximum Gasteiger partial charge on any atom is 0.227 e. The summed E-state index contributed by atoms with van der Waals surface area (Å²) in [7, 11) is 3.46. The van der Waals surface area contributed by atoms with E-state index in [9.17, 15) is 9.18 Å². The van der Waals surface area contributed by atoms with Crippen LogP contribution in [0.2, 0.25) is 0 Å². The molecule has 2 aromatic carbocycles. The number of halogens is 1. The summed E-state index contributed by atoms with van der Waals surface area (Å²) in [5.41, 5.74) is 3.31. The Hall–Kier alpha value is -2.44. The predicted molar refractivity (Wildman–Crippen MR) is 108 cm³/mol. The van der Waals surface area contributed by atoms with Crippen molar-refractivity contribution in [2.75, 3.05) is 32.3 Å².